The molecule has 1 unspecified atom stereocenters. The molecule has 0 aliphatic carbocycles. The minimum Gasteiger partial charge on any atom is -0.382 e. The molecule has 0 heterocycles. The fourth-order valence-electron chi connectivity index (χ4n) is 1.77. The quantitative estimate of drug-likeness (QED) is 0.260. The number of terminal acetylenes is 1. The number of methoxy groups -OCH3 is 1. The SMILES string of the molecule is C#CCO/N=C(C)/C=C/CC(C)CCCC(C)(C)OC. The summed E-state index contributed by atoms with van der Waals surface area (Å²) in [4.78, 5) is 4.90. The second-order valence-electron chi connectivity index (χ2n) is 5.81. The van der Waals surface area contributed by atoms with Gasteiger partial charge in [-0.3, -0.25) is 0 Å². The van der Waals surface area contributed by atoms with E-state index in [9.17, 15) is 0 Å². The van der Waals surface area contributed by atoms with E-state index in [1.165, 1.54) is 12.8 Å². The molecule has 0 aliphatic heterocycles. The van der Waals surface area contributed by atoms with Crippen LogP contribution < -0.4 is 0 Å². The minimum absolute atomic E-state index is 0.00677. The molecule has 0 aromatic carbocycles. The van der Waals surface area contributed by atoms with Crippen LogP contribution in [0.15, 0.2) is 17.3 Å². The highest BCUT2D eigenvalue weighted by atomic mass is 16.6. The molecule has 1 atom stereocenters. The Hall–Kier alpha value is -1.27. The van der Waals surface area contributed by atoms with Crippen LogP contribution in [0.4, 0.5) is 0 Å². The van der Waals surface area contributed by atoms with Crippen LogP contribution in [0.5, 0.6) is 0 Å². The Morgan fingerprint density at radius 1 is 1.45 bits per heavy atom. The third-order valence-corrected chi connectivity index (χ3v) is 3.28. The molecule has 0 amide bonds. The van der Waals surface area contributed by atoms with Crippen LogP contribution in [0.25, 0.3) is 0 Å². The summed E-state index contributed by atoms with van der Waals surface area (Å²) in [6.45, 7) is 8.66. The lowest BCUT2D eigenvalue weighted by Crippen LogP contribution is -2.22. The smallest absolute Gasteiger partial charge is 0.177 e. The molecule has 114 valence electrons. The monoisotopic (exact) mass is 279 g/mol. The van der Waals surface area contributed by atoms with Crippen LogP contribution in [0.2, 0.25) is 0 Å². The van der Waals surface area contributed by atoms with Gasteiger partial charge in [0.2, 0.25) is 0 Å². The zero-order chi connectivity index (χ0) is 15.4. The largest absolute Gasteiger partial charge is 0.382 e. The number of hydrogen-bond donors (Lipinski definition) is 0. The topological polar surface area (TPSA) is 30.8 Å². The number of hydrogen-bond acceptors (Lipinski definition) is 3. The van der Waals surface area contributed by atoms with Gasteiger partial charge in [0.15, 0.2) is 6.61 Å². The fraction of sp³-hybridized carbons (Fsp3) is 0.706. The van der Waals surface area contributed by atoms with Crippen molar-refractivity contribution in [3.8, 4) is 12.3 Å². The van der Waals surface area contributed by atoms with Gasteiger partial charge in [-0.05, 0) is 45.6 Å². The van der Waals surface area contributed by atoms with Crippen molar-refractivity contribution in [3.63, 3.8) is 0 Å². The number of ether oxygens (including phenoxy) is 1. The standard InChI is InChI=1S/C17H29NO2/c1-7-14-20-18-16(3)12-8-10-15(2)11-9-13-17(4,5)19-6/h1,8,12,15H,9-11,13-14H2,2-6H3/b12-8+,18-16+. The van der Waals surface area contributed by atoms with E-state index in [-0.39, 0.29) is 12.2 Å². The Bertz CT molecular complexity index is 350. The molecule has 3 nitrogen and oxygen atoms in total. The van der Waals surface area contributed by atoms with Crippen LogP contribution >= 0.6 is 0 Å². The Labute approximate surface area is 124 Å². The van der Waals surface area contributed by atoms with E-state index in [1.54, 1.807) is 7.11 Å². The van der Waals surface area contributed by atoms with E-state index < -0.39 is 0 Å². The summed E-state index contributed by atoms with van der Waals surface area (Å²) in [5.41, 5.74) is 0.834. The molecule has 3 heteroatoms. The summed E-state index contributed by atoms with van der Waals surface area (Å²) in [6, 6.07) is 0. The van der Waals surface area contributed by atoms with Crippen LogP contribution in [-0.4, -0.2) is 25.0 Å². The van der Waals surface area contributed by atoms with Gasteiger partial charge in [0.25, 0.3) is 0 Å². The summed E-state index contributed by atoms with van der Waals surface area (Å²) < 4.78 is 5.42. The molecule has 0 spiro atoms. The second-order valence-corrected chi connectivity index (χ2v) is 5.81. The molecule has 0 aliphatic rings. The molecule has 0 aromatic rings. The van der Waals surface area contributed by atoms with Crippen molar-refractivity contribution < 1.29 is 9.57 Å². The summed E-state index contributed by atoms with van der Waals surface area (Å²) in [7, 11) is 1.77. The summed E-state index contributed by atoms with van der Waals surface area (Å²) in [6.07, 6.45) is 13.7. The van der Waals surface area contributed by atoms with Crippen molar-refractivity contribution in [2.75, 3.05) is 13.7 Å². The highest BCUT2D eigenvalue weighted by molar-refractivity contribution is 5.92. The normalized spacial score (nSPS) is 14.3. The average Bonchev–Trinajstić information content (AvgIpc) is 2.39. The van der Waals surface area contributed by atoms with E-state index in [2.05, 4.69) is 37.9 Å². The molecule has 0 rings (SSSR count). The molecule has 0 N–H and O–H groups in total. The van der Waals surface area contributed by atoms with Crippen molar-refractivity contribution >= 4 is 5.71 Å². The summed E-state index contributed by atoms with van der Waals surface area (Å²) in [5.74, 6) is 3.04. The maximum atomic E-state index is 5.42. The molecule has 0 radical (unpaired) electrons. The third kappa shape index (κ3) is 10.6. The van der Waals surface area contributed by atoms with Crippen molar-refractivity contribution in [1.29, 1.82) is 0 Å². The lowest BCUT2D eigenvalue weighted by molar-refractivity contribution is 0.0128. The summed E-state index contributed by atoms with van der Waals surface area (Å²) in [5, 5.41) is 3.89. The van der Waals surface area contributed by atoms with Gasteiger partial charge in [-0.25, -0.2) is 0 Å². The second kappa shape index (κ2) is 10.5. The molecule has 20 heavy (non-hydrogen) atoms. The van der Waals surface area contributed by atoms with Crippen molar-refractivity contribution in [2.24, 2.45) is 11.1 Å². The van der Waals surface area contributed by atoms with Gasteiger partial charge in [-0.2, -0.15) is 0 Å². The molecular weight excluding hydrogens is 250 g/mol. The maximum Gasteiger partial charge on any atom is 0.177 e. The van der Waals surface area contributed by atoms with E-state index in [0.29, 0.717) is 5.92 Å². The number of rotatable bonds is 10. The average molecular weight is 279 g/mol. The first kappa shape index (κ1) is 18.7. The molecule has 0 bridgehead atoms. The van der Waals surface area contributed by atoms with Gasteiger partial charge < -0.3 is 9.57 Å². The first-order valence-corrected chi connectivity index (χ1v) is 7.23. The predicted molar refractivity (Wildman–Crippen MR) is 85.8 cm³/mol. The lowest BCUT2D eigenvalue weighted by atomic mass is 9.95. The van der Waals surface area contributed by atoms with E-state index in [4.69, 9.17) is 16.0 Å². The highest BCUT2D eigenvalue weighted by Gasteiger charge is 2.15. The van der Waals surface area contributed by atoms with Gasteiger partial charge in [-0.1, -0.05) is 36.9 Å². The van der Waals surface area contributed by atoms with Crippen LogP contribution in [-0.2, 0) is 9.57 Å². The maximum absolute atomic E-state index is 5.42. The summed E-state index contributed by atoms with van der Waals surface area (Å²) >= 11 is 0. The molecule has 0 fully saturated rings. The first-order valence-electron chi connectivity index (χ1n) is 7.23. The number of allylic oxidation sites excluding steroid dienone is 2. The van der Waals surface area contributed by atoms with Crippen LogP contribution in [0, 0.1) is 18.3 Å². The zero-order valence-corrected chi connectivity index (χ0v) is 13.6. The van der Waals surface area contributed by atoms with Gasteiger partial charge in [0, 0.05) is 7.11 Å². The lowest BCUT2D eigenvalue weighted by Gasteiger charge is -2.23. The van der Waals surface area contributed by atoms with E-state index in [1.807, 2.05) is 13.0 Å². The fourth-order valence-corrected chi connectivity index (χ4v) is 1.77. The molecule has 0 aromatic heterocycles. The Morgan fingerprint density at radius 3 is 2.75 bits per heavy atom. The van der Waals surface area contributed by atoms with Crippen molar-refractivity contribution in [1.82, 2.24) is 0 Å². The molecular formula is C17H29NO2. The van der Waals surface area contributed by atoms with Crippen molar-refractivity contribution in [3.05, 3.63) is 12.2 Å². The van der Waals surface area contributed by atoms with E-state index in [0.717, 1.165) is 18.6 Å². The van der Waals surface area contributed by atoms with Gasteiger partial charge in [0.05, 0.1) is 11.3 Å². The van der Waals surface area contributed by atoms with Gasteiger partial charge >= 0.3 is 0 Å². The van der Waals surface area contributed by atoms with Crippen LogP contribution in [0.1, 0.15) is 53.4 Å². The Morgan fingerprint density at radius 2 is 2.15 bits per heavy atom. The molecule has 0 saturated heterocycles. The molecule has 0 saturated carbocycles. The number of oxime groups is 1. The van der Waals surface area contributed by atoms with E-state index >= 15 is 0 Å². The minimum atomic E-state index is -0.00677. The number of nitrogens with zero attached hydrogens (tertiary/aromatic N) is 1. The van der Waals surface area contributed by atoms with Gasteiger partial charge in [0.1, 0.15) is 0 Å². The van der Waals surface area contributed by atoms with Crippen LogP contribution in [0.3, 0.4) is 0 Å². The predicted octanol–water partition coefficient (Wildman–Crippen LogP) is 4.19. The Balaban J connectivity index is 3.85. The Kier molecular flexibility index (Phi) is 9.84. The third-order valence-electron chi connectivity index (χ3n) is 3.28. The van der Waals surface area contributed by atoms with Gasteiger partial charge in [-0.15, -0.1) is 6.42 Å². The van der Waals surface area contributed by atoms with Crippen molar-refractivity contribution in [2.45, 2.75) is 59.0 Å². The zero-order valence-electron chi connectivity index (χ0n) is 13.6. The highest BCUT2D eigenvalue weighted by Crippen LogP contribution is 2.20. The first-order chi connectivity index (χ1) is 9.41.